The van der Waals surface area contributed by atoms with Gasteiger partial charge in [0.15, 0.2) is 0 Å². The predicted octanol–water partition coefficient (Wildman–Crippen LogP) is 9.86. The number of nitrogens with zero attached hydrogens (tertiary/aromatic N) is 2. The van der Waals surface area contributed by atoms with Gasteiger partial charge in [0.2, 0.25) is 0 Å². The summed E-state index contributed by atoms with van der Waals surface area (Å²) < 4.78 is 0. The van der Waals surface area contributed by atoms with Crippen molar-refractivity contribution in [2.75, 3.05) is 9.80 Å². The molecule has 2 nitrogen and oxygen atoms in total. The van der Waals surface area contributed by atoms with E-state index in [1.54, 1.807) is 0 Å². The van der Waals surface area contributed by atoms with E-state index in [9.17, 15) is 0 Å². The van der Waals surface area contributed by atoms with Crippen LogP contribution in [0.15, 0.2) is 127 Å². The van der Waals surface area contributed by atoms with Gasteiger partial charge in [-0.05, 0) is 123 Å². The predicted molar refractivity (Wildman–Crippen MR) is 197 cm³/mol. The molecule has 0 radical (unpaired) electrons. The van der Waals surface area contributed by atoms with Crippen molar-refractivity contribution >= 4 is 39.6 Å². The Bertz CT molecular complexity index is 2120. The number of hydrogen-bond acceptors (Lipinski definition) is 2. The summed E-state index contributed by atoms with van der Waals surface area (Å²) in [6.07, 6.45) is 28.6. The number of rotatable bonds is 6. The fourth-order valence-electron chi connectivity index (χ4n) is 7.78. The van der Waals surface area contributed by atoms with Gasteiger partial charge in [0.1, 0.15) is 0 Å². The minimum Gasteiger partial charge on any atom is -0.334 e. The van der Waals surface area contributed by atoms with E-state index >= 15 is 0 Å². The average Bonchev–Trinajstić information content (AvgIpc) is 3.37. The lowest BCUT2D eigenvalue weighted by molar-refractivity contribution is 0.712. The maximum Gasteiger partial charge on any atom is 0.0531 e. The standard InChI is InChI=1S/C44H42N2/c1-30-15-22-37(23-16-30)45(35-13-9-6-10-14-35)41-27-20-33-19-26-40-42(28-21-34-18-25-39(41)43(33)44(34)40)46(36-11-7-4-5-8-12-36)38-24-17-31(2)32(3)29-38/h4-7,9,11,13,15-18,20-29,33,36H,8,10,12,14,19H2,1-3H3. The van der Waals surface area contributed by atoms with Crippen molar-refractivity contribution in [3.05, 3.63) is 160 Å². The zero-order chi connectivity index (χ0) is 31.2. The Morgan fingerprint density at radius 2 is 1.57 bits per heavy atom. The third-order valence-corrected chi connectivity index (χ3v) is 10.3. The Morgan fingerprint density at radius 3 is 2.39 bits per heavy atom. The molecule has 2 heteroatoms. The van der Waals surface area contributed by atoms with Gasteiger partial charge in [-0.25, -0.2) is 0 Å². The van der Waals surface area contributed by atoms with Crippen molar-refractivity contribution in [2.45, 2.75) is 64.8 Å². The Morgan fingerprint density at radius 1 is 0.739 bits per heavy atom. The molecule has 2 unspecified atom stereocenters. The molecular formula is C44H42N2. The summed E-state index contributed by atoms with van der Waals surface area (Å²) in [7, 11) is 0. The number of aryl methyl sites for hydroxylation is 3. The summed E-state index contributed by atoms with van der Waals surface area (Å²) in [5.41, 5.74) is 11.9. The van der Waals surface area contributed by atoms with Gasteiger partial charge in [0.05, 0.1) is 11.7 Å². The van der Waals surface area contributed by atoms with E-state index in [1.165, 1.54) is 71.9 Å². The van der Waals surface area contributed by atoms with Gasteiger partial charge in [-0.15, -0.1) is 0 Å². The van der Waals surface area contributed by atoms with E-state index in [0.717, 1.165) is 32.1 Å². The molecule has 4 aliphatic rings. The molecule has 4 aromatic carbocycles. The van der Waals surface area contributed by atoms with E-state index in [-0.39, 0.29) is 6.04 Å². The molecule has 0 saturated carbocycles. The smallest absolute Gasteiger partial charge is 0.0531 e. The third kappa shape index (κ3) is 4.97. The number of allylic oxidation sites excluding steroid dienone is 8. The van der Waals surface area contributed by atoms with Crippen molar-refractivity contribution in [2.24, 2.45) is 0 Å². The van der Waals surface area contributed by atoms with Crippen LogP contribution in [0.25, 0.3) is 22.5 Å². The summed E-state index contributed by atoms with van der Waals surface area (Å²) >= 11 is 0. The van der Waals surface area contributed by atoms with E-state index in [1.807, 2.05) is 0 Å². The number of anilines is 3. The van der Waals surface area contributed by atoms with Crippen LogP contribution in [0.1, 0.15) is 60.3 Å². The Balaban J connectivity index is 1.38. The molecule has 0 spiro atoms. The van der Waals surface area contributed by atoms with Crippen LogP contribution in [-0.2, 0) is 0 Å². The van der Waals surface area contributed by atoms with Gasteiger partial charge in [-0.3, -0.25) is 0 Å². The third-order valence-electron chi connectivity index (χ3n) is 10.3. The van der Waals surface area contributed by atoms with Crippen molar-refractivity contribution in [3.63, 3.8) is 0 Å². The molecule has 8 rings (SSSR count). The second-order valence-electron chi connectivity index (χ2n) is 13.3. The second-order valence-corrected chi connectivity index (χ2v) is 13.3. The zero-order valence-electron chi connectivity index (χ0n) is 27.2. The Kier molecular flexibility index (Phi) is 7.37. The van der Waals surface area contributed by atoms with E-state index in [0.29, 0.717) is 5.92 Å². The van der Waals surface area contributed by atoms with Crippen LogP contribution in [0.5, 0.6) is 0 Å². The highest BCUT2D eigenvalue weighted by molar-refractivity contribution is 5.95. The van der Waals surface area contributed by atoms with Crippen molar-refractivity contribution in [1.82, 2.24) is 0 Å². The molecule has 2 atom stereocenters. The molecule has 228 valence electrons. The van der Waals surface area contributed by atoms with Gasteiger partial charge in [0.25, 0.3) is 0 Å². The first-order valence-electron chi connectivity index (χ1n) is 17.0. The van der Waals surface area contributed by atoms with Crippen LogP contribution in [0, 0.1) is 20.8 Å². The largest absolute Gasteiger partial charge is 0.334 e. The molecule has 0 aliphatic heterocycles. The molecule has 0 fully saturated rings. The first kappa shape index (κ1) is 28.6. The Hall–Kier alpha value is -4.82. The van der Waals surface area contributed by atoms with Crippen molar-refractivity contribution in [1.29, 1.82) is 0 Å². The molecule has 4 aliphatic carbocycles. The topological polar surface area (TPSA) is 6.48 Å². The van der Waals surface area contributed by atoms with E-state index in [4.69, 9.17) is 0 Å². The zero-order valence-corrected chi connectivity index (χ0v) is 27.2. The fourth-order valence-corrected chi connectivity index (χ4v) is 7.78. The van der Waals surface area contributed by atoms with Gasteiger partial charge in [-0.1, -0.05) is 90.6 Å². The lowest BCUT2D eigenvalue weighted by Gasteiger charge is -2.35. The van der Waals surface area contributed by atoms with E-state index in [2.05, 4.69) is 158 Å². The summed E-state index contributed by atoms with van der Waals surface area (Å²) in [5.74, 6) is 0.377. The number of benzene rings is 4. The second kappa shape index (κ2) is 11.8. The van der Waals surface area contributed by atoms with E-state index < -0.39 is 0 Å². The summed E-state index contributed by atoms with van der Waals surface area (Å²) in [6, 6.07) is 25.8. The van der Waals surface area contributed by atoms with Crippen LogP contribution in [0.4, 0.5) is 17.1 Å². The molecule has 0 bridgehead atoms. The molecule has 0 amide bonds. The van der Waals surface area contributed by atoms with Crippen LogP contribution in [0.2, 0.25) is 0 Å². The van der Waals surface area contributed by atoms with Gasteiger partial charge in [-0.2, -0.15) is 0 Å². The van der Waals surface area contributed by atoms with Crippen LogP contribution in [0.3, 0.4) is 0 Å². The highest BCUT2D eigenvalue weighted by Gasteiger charge is 2.28. The highest BCUT2D eigenvalue weighted by Crippen LogP contribution is 2.38. The van der Waals surface area contributed by atoms with Gasteiger partial charge in [0, 0.05) is 39.1 Å². The lowest BCUT2D eigenvalue weighted by Crippen LogP contribution is -2.36. The normalized spacial score (nSPS) is 19.5. The maximum absolute atomic E-state index is 2.61. The monoisotopic (exact) mass is 598 g/mol. The lowest BCUT2D eigenvalue weighted by atomic mass is 9.80. The molecule has 0 saturated heterocycles. The van der Waals surface area contributed by atoms with Crippen LogP contribution >= 0.6 is 0 Å². The average molecular weight is 599 g/mol. The summed E-state index contributed by atoms with van der Waals surface area (Å²) in [5, 5.41) is 5.48. The minimum absolute atomic E-state index is 0.279. The molecular weight excluding hydrogens is 556 g/mol. The van der Waals surface area contributed by atoms with Crippen molar-refractivity contribution < 1.29 is 0 Å². The molecule has 46 heavy (non-hydrogen) atoms. The SMILES string of the molecule is Cc1ccc(N(C2=CC=CCC2)C2=c3ccc4ccc(N(c5ccc(C)c(C)c5)C5C=CC=CCC5)c5c4c3C(C=C2)CC=5)cc1. The Labute approximate surface area is 273 Å². The first-order valence-corrected chi connectivity index (χ1v) is 17.0. The van der Waals surface area contributed by atoms with Gasteiger partial charge >= 0.3 is 0 Å². The van der Waals surface area contributed by atoms with Crippen LogP contribution < -0.4 is 20.2 Å². The number of hydrogen-bond donors (Lipinski definition) is 0. The molecule has 0 aromatic heterocycles. The fraction of sp³-hybridized carbons (Fsp3) is 0.227. The summed E-state index contributed by atoms with van der Waals surface area (Å²) in [6.45, 7) is 6.61. The van der Waals surface area contributed by atoms with Crippen molar-refractivity contribution in [3.8, 4) is 0 Å². The molecule has 0 N–H and O–H groups in total. The van der Waals surface area contributed by atoms with Crippen LogP contribution in [-0.4, -0.2) is 6.04 Å². The quantitative estimate of drug-likeness (QED) is 0.218. The molecule has 0 heterocycles. The highest BCUT2D eigenvalue weighted by atomic mass is 15.2. The summed E-state index contributed by atoms with van der Waals surface area (Å²) in [4.78, 5) is 5.13. The van der Waals surface area contributed by atoms with Gasteiger partial charge < -0.3 is 9.80 Å². The minimum atomic E-state index is 0.279. The first-order chi connectivity index (χ1) is 22.6. The molecule has 4 aromatic rings. The maximum atomic E-state index is 2.61.